The van der Waals surface area contributed by atoms with Crippen LogP contribution < -0.4 is 10.5 Å². The Bertz CT molecular complexity index is 585. The molecular weight excluding hydrogens is 395 g/mol. The highest BCUT2D eigenvalue weighted by molar-refractivity contribution is 9.10. The molecule has 1 atom stereocenters. The molecule has 3 N–H and O–H groups in total. The summed E-state index contributed by atoms with van der Waals surface area (Å²) in [5.74, 6) is 0. The molecule has 0 saturated carbocycles. The highest BCUT2D eigenvalue weighted by atomic mass is 79.9. The van der Waals surface area contributed by atoms with Crippen LogP contribution in [-0.2, 0) is 10.0 Å². The van der Waals surface area contributed by atoms with Gasteiger partial charge >= 0.3 is 0 Å². The maximum Gasteiger partial charge on any atom is 0.243 e. The Morgan fingerprint density at radius 2 is 1.95 bits per heavy atom. The first-order chi connectivity index (χ1) is 8.63. The second-order valence-electron chi connectivity index (χ2n) is 3.89. The summed E-state index contributed by atoms with van der Waals surface area (Å²) in [5, 5.41) is 0.0730. The van der Waals surface area contributed by atoms with Gasteiger partial charge in [0.05, 0.1) is 15.0 Å². The number of halogens is 3. The molecule has 0 aliphatic heterocycles. The van der Waals surface area contributed by atoms with E-state index in [2.05, 4.69) is 20.7 Å². The summed E-state index contributed by atoms with van der Waals surface area (Å²) in [6.07, 6.45) is 0.250. The fraction of sp³-hybridized carbons (Fsp3) is 0.300. The van der Waals surface area contributed by atoms with Gasteiger partial charge in [-0.05, 0) is 19.1 Å². The Morgan fingerprint density at radius 1 is 1.47 bits per heavy atom. The van der Waals surface area contributed by atoms with E-state index in [1.165, 1.54) is 12.1 Å². The smallest absolute Gasteiger partial charge is 0.243 e. The monoisotopic (exact) mass is 404 g/mol. The standard InChI is InChI=1S/C10H11BrCl2N2O2S2/c1-5(2-9(14)18)15-19(16,17)10-7(12)3-6(11)4-8(10)13/h3-5,15H,2H2,1H3,(H2,14,18). The Morgan fingerprint density at radius 3 is 2.37 bits per heavy atom. The number of rotatable bonds is 5. The van der Waals surface area contributed by atoms with Crippen LogP contribution in [0.2, 0.25) is 10.0 Å². The highest BCUT2D eigenvalue weighted by Crippen LogP contribution is 2.32. The number of benzene rings is 1. The Labute approximate surface area is 135 Å². The minimum Gasteiger partial charge on any atom is -0.393 e. The van der Waals surface area contributed by atoms with Crippen LogP contribution in [0.15, 0.2) is 21.5 Å². The van der Waals surface area contributed by atoms with Crippen molar-refractivity contribution >= 4 is 66.4 Å². The zero-order valence-corrected chi connectivity index (χ0v) is 14.5. The van der Waals surface area contributed by atoms with Crippen LogP contribution >= 0.6 is 51.3 Å². The van der Waals surface area contributed by atoms with Gasteiger partial charge in [-0.25, -0.2) is 13.1 Å². The lowest BCUT2D eigenvalue weighted by Gasteiger charge is -2.15. The molecule has 0 saturated heterocycles. The van der Waals surface area contributed by atoms with Gasteiger partial charge in [-0.15, -0.1) is 0 Å². The largest absolute Gasteiger partial charge is 0.393 e. The average Bonchev–Trinajstić information content (AvgIpc) is 2.10. The van der Waals surface area contributed by atoms with Crippen molar-refractivity contribution in [2.45, 2.75) is 24.3 Å². The molecule has 1 unspecified atom stereocenters. The molecule has 0 aromatic heterocycles. The minimum atomic E-state index is -3.83. The molecule has 1 rings (SSSR count). The molecule has 0 heterocycles. The second-order valence-corrected chi connectivity index (χ2v) is 7.80. The van der Waals surface area contributed by atoms with E-state index < -0.39 is 16.1 Å². The van der Waals surface area contributed by atoms with Gasteiger partial charge in [-0.1, -0.05) is 51.3 Å². The summed E-state index contributed by atoms with van der Waals surface area (Å²) in [7, 11) is -3.83. The maximum absolute atomic E-state index is 12.2. The van der Waals surface area contributed by atoms with Crippen LogP contribution in [0.5, 0.6) is 0 Å². The lowest BCUT2D eigenvalue weighted by Crippen LogP contribution is -2.35. The van der Waals surface area contributed by atoms with E-state index in [1.54, 1.807) is 6.92 Å². The van der Waals surface area contributed by atoms with Gasteiger partial charge in [-0.3, -0.25) is 0 Å². The number of nitrogens with two attached hydrogens (primary N) is 1. The van der Waals surface area contributed by atoms with Gasteiger partial charge in [-0.2, -0.15) is 0 Å². The molecule has 0 spiro atoms. The van der Waals surface area contributed by atoms with E-state index in [-0.39, 0.29) is 26.4 Å². The number of nitrogens with one attached hydrogen (secondary N) is 1. The van der Waals surface area contributed by atoms with Crippen molar-refractivity contribution in [1.82, 2.24) is 4.72 Å². The molecule has 4 nitrogen and oxygen atoms in total. The Balaban J connectivity index is 3.11. The predicted octanol–water partition coefficient (Wildman–Crippen LogP) is 3.10. The first-order valence-electron chi connectivity index (χ1n) is 5.08. The van der Waals surface area contributed by atoms with E-state index in [0.29, 0.717) is 4.47 Å². The van der Waals surface area contributed by atoms with Crippen molar-refractivity contribution in [2.24, 2.45) is 5.73 Å². The summed E-state index contributed by atoms with van der Waals surface area (Å²) in [4.78, 5) is 0.0667. The molecule has 0 aliphatic rings. The van der Waals surface area contributed by atoms with Gasteiger partial charge in [0.2, 0.25) is 10.0 Å². The van der Waals surface area contributed by atoms with E-state index in [0.717, 1.165) is 0 Å². The molecule has 0 bridgehead atoms. The minimum absolute atomic E-state index is 0.0365. The molecule has 19 heavy (non-hydrogen) atoms. The first-order valence-corrected chi connectivity index (χ1v) is 8.52. The van der Waals surface area contributed by atoms with Gasteiger partial charge in [0.25, 0.3) is 0 Å². The van der Waals surface area contributed by atoms with Crippen LogP contribution in [0.3, 0.4) is 0 Å². The summed E-state index contributed by atoms with van der Waals surface area (Å²) in [6, 6.07) is 2.47. The zero-order chi connectivity index (χ0) is 14.8. The van der Waals surface area contributed by atoms with Crippen molar-refractivity contribution < 1.29 is 8.42 Å². The van der Waals surface area contributed by atoms with Gasteiger partial charge in [0.15, 0.2) is 0 Å². The normalized spacial score (nSPS) is 13.3. The molecule has 1 aromatic carbocycles. The first kappa shape index (κ1) is 17.1. The van der Waals surface area contributed by atoms with Crippen LogP contribution in [0, 0.1) is 0 Å². The third kappa shape index (κ3) is 4.84. The van der Waals surface area contributed by atoms with Crippen LogP contribution in [-0.4, -0.2) is 19.4 Å². The van der Waals surface area contributed by atoms with Crippen molar-refractivity contribution in [2.75, 3.05) is 0 Å². The Kier molecular flexibility index (Phi) is 6.03. The summed E-state index contributed by atoms with van der Waals surface area (Å²) in [6.45, 7) is 1.65. The van der Waals surface area contributed by atoms with Gasteiger partial charge < -0.3 is 5.73 Å². The number of hydrogen-bond acceptors (Lipinski definition) is 3. The molecular formula is C10H11BrCl2N2O2S2. The summed E-state index contributed by atoms with van der Waals surface area (Å²) in [5.41, 5.74) is 5.37. The lowest BCUT2D eigenvalue weighted by molar-refractivity contribution is 0.565. The van der Waals surface area contributed by atoms with Crippen molar-refractivity contribution in [3.05, 3.63) is 26.7 Å². The van der Waals surface area contributed by atoms with Crippen LogP contribution in [0.4, 0.5) is 0 Å². The maximum atomic E-state index is 12.2. The van der Waals surface area contributed by atoms with Crippen molar-refractivity contribution in [3.63, 3.8) is 0 Å². The van der Waals surface area contributed by atoms with Crippen LogP contribution in [0.25, 0.3) is 0 Å². The third-order valence-corrected chi connectivity index (χ3v) is 5.23. The fourth-order valence-corrected chi connectivity index (χ4v) is 4.88. The number of sulfonamides is 1. The molecule has 0 amide bonds. The average molecular weight is 406 g/mol. The molecule has 1 aromatic rings. The highest BCUT2D eigenvalue weighted by Gasteiger charge is 2.24. The molecule has 0 fully saturated rings. The van der Waals surface area contributed by atoms with Gasteiger partial charge in [0, 0.05) is 16.9 Å². The third-order valence-electron chi connectivity index (χ3n) is 2.10. The van der Waals surface area contributed by atoms with Crippen LogP contribution in [0.1, 0.15) is 13.3 Å². The van der Waals surface area contributed by atoms with Crippen molar-refractivity contribution in [1.29, 1.82) is 0 Å². The quantitative estimate of drug-likeness (QED) is 0.738. The SMILES string of the molecule is CC(CC(N)=S)NS(=O)(=O)c1c(Cl)cc(Br)cc1Cl. The molecule has 106 valence electrons. The Hall–Kier alpha value is 0.0800. The van der Waals surface area contributed by atoms with Crippen molar-refractivity contribution in [3.8, 4) is 0 Å². The topological polar surface area (TPSA) is 72.2 Å². The van der Waals surface area contributed by atoms with E-state index in [4.69, 9.17) is 41.2 Å². The van der Waals surface area contributed by atoms with E-state index >= 15 is 0 Å². The van der Waals surface area contributed by atoms with E-state index in [9.17, 15) is 8.42 Å². The summed E-state index contributed by atoms with van der Waals surface area (Å²) >= 11 is 19.8. The second kappa shape index (κ2) is 6.69. The number of thiocarbonyl (C=S) groups is 1. The predicted molar refractivity (Wildman–Crippen MR) is 85.3 cm³/mol. The number of hydrogen-bond donors (Lipinski definition) is 2. The lowest BCUT2D eigenvalue weighted by atomic mass is 10.3. The molecule has 0 aliphatic carbocycles. The molecule has 9 heteroatoms. The molecule has 0 radical (unpaired) electrons. The fourth-order valence-electron chi connectivity index (χ4n) is 1.45. The summed E-state index contributed by atoms with van der Waals surface area (Å²) < 4.78 is 27.4. The van der Waals surface area contributed by atoms with Gasteiger partial charge in [0.1, 0.15) is 4.90 Å². The zero-order valence-electron chi connectivity index (χ0n) is 9.78. The van der Waals surface area contributed by atoms with E-state index in [1.807, 2.05) is 0 Å².